The fourth-order valence-corrected chi connectivity index (χ4v) is 1.64. The predicted molar refractivity (Wildman–Crippen MR) is 58.8 cm³/mol. The number of carbonyl (C=O) groups is 1. The molecular weight excluding hydrogens is 232 g/mol. The van der Waals surface area contributed by atoms with Crippen LogP contribution in [0.1, 0.15) is 10.5 Å². The zero-order valence-corrected chi connectivity index (χ0v) is 8.71. The van der Waals surface area contributed by atoms with Crippen molar-refractivity contribution in [3.05, 3.63) is 45.5 Å². The SMILES string of the molecule is O=C(O)c1[nH]c(=O)[nH]c1-c1ccccc1Cl. The summed E-state index contributed by atoms with van der Waals surface area (Å²) in [5.74, 6) is -1.21. The van der Waals surface area contributed by atoms with Gasteiger partial charge < -0.3 is 10.1 Å². The van der Waals surface area contributed by atoms with E-state index in [4.69, 9.17) is 16.7 Å². The Morgan fingerprint density at radius 3 is 2.56 bits per heavy atom. The minimum Gasteiger partial charge on any atom is -0.477 e. The zero-order valence-electron chi connectivity index (χ0n) is 7.95. The Balaban J connectivity index is 2.69. The highest BCUT2D eigenvalue weighted by molar-refractivity contribution is 6.33. The standard InChI is InChI=1S/C10H7ClN2O3/c11-6-4-2-1-3-5(6)7-8(9(14)15)13-10(16)12-7/h1-4H,(H,14,15)(H2,12,13,16). The Bertz CT molecular complexity index is 600. The quantitative estimate of drug-likeness (QED) is 0.745. The number of benzene rings is 1. The number of hydrogen-bond acceptors (Lipinski definition) is 2. The molecule has 0 aliphatic rings. The molecule has 2 aromatic rings. The van der Waals surface area contributed by atoms with Gasteiger partial charge in [0.2, 0.25) is 0 Å². The molecule has 0 spiro atoms. The molecule has 0 unspecified atom stereocenters. The summed E-state index contributed by atoms with van der Waals surface area (Å²) in [6.07, 6.45) is 0. The lowest BCUT2D eigenvalue weighted by atomic mass is 10.1. The molecular formula is C10H7ClN2O3. The van der Waals surface area contributed by atoms with Crippen LogP contribution in [-0.4, -0.2) is 21.0 Å². The van der Waals surface area contributed by atoms with Gasteiger partial charge in [-0.2, -0.15) is 0 Å². The molecule has 6 heteroatoms. The largest absolute Gasteiger partial charge is 0.477 e. The van der Waals surface area contributed by atoms with Crippen molar-refractivity contribution in [2.24, 2.45) is 0 Å². The second-order valence-electron chi connectivity index (χ2n) is 3.11. The van der Waals surface area contributed by atoms with Gasteiger partial charge in [-0.05, 0) is 6.07 Å². The Hall–Kier alpha value is -2.01. The van der Waals surface area contributed by atoms with Crippen molar-refractivity contribution in [2.45, 2.75) is 0 Å². The Morgan fingerprint density at radius 1 is 1.25 bits per heavy atom. The smallest absolute Gasteiger partial charge is 0.354 e. The van der Waals surface area contributed by atoms with E-state index < -0.39 is 11.7 Å². The number of rotatable bonds is 2. The van der Waals surface area contributed by atoms with Crippen LogP contribution in [0.15, 0.2) is 29.1 Å². The number of imidazole rings is 1. The Labute approximate surface area is 94.7 Å². The van der Waals surface area contributed by atoms with Crippen molar-refractivity contribution in [1.29, 1.82) is 0 Å². The molecule has 82 valence electrons. The van der Waals surface area contributed by atoms with E-state index in [0.717, 1.165) is 0 Å². The first-order valence-electron chi connectivity index (χ1n) is 4.40. The summed E-state index contributed by atoms with van der Waals surface area (Å²) in [5.41, 5.74) is -0.117. The van der Waals surface area contributed by atoms with Gasteiger partial charge in [-0.1, -0.05) is 29.8 Å². The normalized spacial score (nSPS) is 10.3. The molecule has 5 nitrogen and oxygen atoms in total. The van der Waals surface area contributed by atoms with Crippen LogP contribution in [0.25, 0.3) is 11.3 Å². The van der Waals surface area contributed by atoms with E-state index in [1.54, 1.807) is 24.3 Å². The Morgan fingerprint density at radius 2 is 1.94 bits per heavy atom. The lowest BCUT2D eigenvalue weighted by Crippen LogP contribution is -2.04. The van der Waals surface area contributed by atoms with E-state index >= 15 is 0 Å². The van der Waals surface area contributed by atoms with Gasteiger partial charge >= 0.3 is 11.7 Å². The maximum atomic E-state index is 11.1. The third-order valence-corrected chi connectivity index (χ3v) is 2.41. The van der Waals surface area contributed by atoms with Gasteiger partial charge in [0.25, 0.3) is 0 Å². The molecule has 0 fully saturated rings. The molecule has 0 saturated carbocycles. The number of carboxylic acids is 1. The molecule has 0 aliphatic heterocycles. The topological polar surface area (TPSA) is 85.9 Å². The van der Waals surface area contributed by atoms with Crippen LogP contribution in [0.5, 0.6) is 0 Å². The molecule has 1 heterocycles. The van der Waals surface area contributed by atoms with Gasteiger partial charge in [0.15, 0.2) is 5.69 Å². The molecule has 1 aromatic heterocycles. The zero-order chi connectivity index (χ0) is 11.7. The second-order valence-corrected chi connectivity index (χ2v) is 3.52. The van der Waals surface area contributed by atoms with E-state index in [-0.39, 0.29) is 11.4 Å². The highest BCUT2D eigenvalue weighted by atomic mass is 35.5. The van der Waals surface area contributed by atoms with E-state index in [0.29, 0.717) is 10.6 Å². The highest BCUT2D eigenvalue weighted by Crippen LogP contribution is 2.27. The summed E-state index contributed by atoms with van der Waals surface area (Å²) in [6.45, 7) is 0. The molecule has 0 bridgehead atoms. The lowest BCUT2D eigenvalue weighted by molar-refractivity contribution is 0.0692. The summed E-state index contributed by atoms with van der Waals surface area (Å²) >= 11 is 5.92. The second kappa shape index (κ2) is 3.86. The summed E-state index contributed by atoms with van der Waals surface area (Å²) in [6, 6.07) is 6.68. The van der Waals surface area contributed by atoms with Crippen LogP contribution in [0.4, 0.5) is 0 Å². The van der Waals surface area contributed by atoms with Gasteiger partial charge in [0, 0.05) is 10.6 Å². The summed E-state index contributed by atoms with van der Waals surface area (Å²) in [4.78, 5) is 26.6. The van der Waals surface area contributed by atoms with Crippen LogP contribution in [0.2, 0.25) is 5.02 Å². The maximum Gasteiger partial charge on any atom is 0.354 e. The number of carboxylic acid groups (broad SMARTS) is 1. The molecule has 3 N–H and O–H groups in total. The number of halogens is 1. The van der Waals surface area contributed by atoms with E-state index in [1.807, 2.05) is 0 Å². The van der Waals surface area contributed by atoms with Crippen LogP contribution in [-0.2, 0) is 0 Å². The molecule has 0 aliphatic carbocycles. The first-order chi connectivity index (χ1) is 7.59. The number of nitrogens with one attached hydrogen (secondary N) is 2. The number of aromatic amines is 2. The molecule has 1 aromatic carbocycles. The average molecular weight is 239 g/mol. The number of hydrogen-bond donors (Lipinski definition) is 3. The van der Waals surface area contributed by atoms with Crippen LogP contribution in [0.3, 0.4) is 0 Å². The van der Waals surface area contributed by atoms with Gasteiger partial charge in [0.05, 0.1) is 5.69 Å². The van der Waals surface area contributed by atoms with E-state index in [2.05, 4.69) is 9.97 Å². The van der Waals surface area contributed by atoms with Gasteiger partial charge in [-0.15, -0.1) is 0 Å². The van der Waals surface area contributed by atoms with Crippen LogP contribution in [0, 0.1) is 0 Å². The van der Waals surface area contributed by atoms with Crippen molar-refractivity contribution >= 4 is 17.6 Å². The van der Waals surface area contributed by atoms with E-state index in [9.17, 15) is 9.59 Å². The highest BCUT2D eigenvalue weighted by Gasteiger charge is 2.17. The predicted octanol–water partition coefficient (Wildman–Crippen LogP) is 1.72. The first kappa shape index (κ1) is 10.5. The molecule has 16 heavy (non-hydrogen) atoms. The van der Waals surface area contributed by atoms with Crippen molar-refractivity contribution in [3.8, 4) is 11.3 Å². The lowest BCUT2D eigenvalue weighted by Gasteiger charge is -2.01. The minimum absolute atomic E-state index is 0.183. The monoisotopic (exact) mass is 238 g/mol. The summed E-state index contributed by atoms with van der Waals surface area (Å²) in [7, 11) is 0. The van der Waals surface area contributed by atoms with Gasteiger partial charge in [-0.25, -0.2) is 9.59 Å². The van der Waals surface area contributed by atoms with Gasteiger partial charge in [0.1, 0.15) is 0 Å². The number of H-pyrrole nitrogens is 2. The van der Waals surface area contributed by atoms with Gasteiger partial charge in [-0.3, -0.25) is 4.98 Å². The van der Waals surface area contributed by atoms with Crippen molar-refractivity contribution in [2.75, 3.05) is 0 Å². The van der Waals surface area contributed by atoms with Crippen LogP contribution < -0.4 is 5.69 Å². The van der Waals surface area contributed by atoms with Crippen molar-refractivity contribution < 1.29 is 9.90 Å². The molecule has 2 rings (SSSR count). The maximum absolute atomic E-state index is 11.1. The average Bonchev–Trinajstić information content (AvgIpc) is 2.61. The number of aromatic carboxylic acids is 1. The minimum atomic E-state index is -1.21. The van der Waals surface area contributed by atoms with Crippen molar-refractivity contribution in [1.82, 2.24) is 9.97 Å². The number of aromatic nitrogens is 2. The van der Waals surface area contributed by atoms with Crippen molar-refractivity contribution in [3.63, 3.8) is 0 Å². The molecule has 0 saturated heterocycles. The third kappa shape index (κ3) is 1.72. The Kier molecular flexibility index (Phi) is 2.54. The fraction of sp³-hybridized carbons (Fsp3) is 0. The van der Waals surface area contributed by atoms with E-state index in [1.165, 1.54) is 0 Å². The summed E-state index contributed by atoms with van der Waals surface area (Å²) < 4.78 is 0. The molecule has 0 amide bonds. The molecule has 0 atom stereocenters. The summed E-state index contributed by atoms with van der Waals surface area (Å²) in [5, 5.41) is 9.27. The first-order valence-corrected chi connectivity index (χ1v) is 4.78. The molecule has 0 radical (unpaired) electrons. The van der Waals surface area contributed by atoms with Crippen LogP contribution >= 0.6 is 11.6 Å². The fourth-order valence-electron chi connectivity index (χ4n) is 1.41. The third-order valence-electron chi connectivity index (χ3n) is 2.08.